The van der Waals surface area contributed by atoms with E-state index in [1.54, 1.807) is 7.11 Å². The molecule has 1 amide bonds. The fourth-order valence-electron chi connectivity index (χ4n) is 3.61. The second-order valence-electron chi connectivity index (χ2n) is 7.97. The van der Waals surface area contributed by atoms with Crippen LogP contribution >= 0.6 is 0 Å². The number of nitrogens with one attached hydrogen (secondary N) is 1. The molecule has 0 saturated carbocycles. The second-order valence-corrected chi connectivity index (χ2v) is 7.97. The number of aromatic nitrogens is 1. The van der Waals surface area contributed by atoms with Crippen molar-refractivity contribution in [3.63, 3.8) is 0 Å². The van der Waals surface area contributed by atoms with Gasteiger partial charge in [0.05, 0.1) is 12.5 Å². The second kappa shape index (κ2) is 10.9. The van der Waals surface area contributed by atoms with Crippen LogP contribution in [0.25, 0.3) is 11.1 Å². The summed E-state index contributed by atoms with van der Waals surface area (Å²) in [5.41, 5.74) is 3.91. The number of hydrogen-bond donors (Lipinski definition) is 1. The van der Waals surface area contributed by atoms with Gasteiger partial charge in [0.2, 0.25) is 5.91 Å². The molecule has 0 atom stereocenters. The predicted molar refractivity (Wildman–Crippen MR) is 124 cm³/mol. The number of hydrogen-bond acceptors (Lipinski definition) is 5. The first kappa shape index (κ1) is 22.0. The Hall–Kier alpha value is -3.22. The third-order valence-corrected chi connectivity index (χ3v) is 5.62. The SMILES string of the molecule is COC1CN(CCOc2ccc(-c3ccc(CC(=O)NCc4ccccc4)nc3)cc2)C1. The number of methoxy groups -OCH3 is 1. The Morgan fingerprint density at radius 3 is 2.47 bits per heavy atom. The minimum atomic E-state index is -0.0356. The van der Waals surface area contributed by atoms with Crippen molar-refractivity contribution >= 4 is 5.91 Å². The summed E-state index contributed by atoms with van der Waals surface area (Å²) in [6.07, 6.45) is 2.45. The summed E-state index contributed by atoms with van der Waals surface area (Å²) in [5, 5.41) is 2.93. The topological polar surface area (TPSA) is 63.7 Å². The smallest absolute Gasteiger partial charge is 0.226 e. The Labute approximate surface area is 189 Å². The van der Waals surface area contributed by atoms with Crippen LogP contribution in [0.15, 0.2) is 72.9 Å². The number of carbonyl (C=O) groups is 1. The van der Waals surface area contributed by atoms with E-state index in [9.17, 15) is 4.79 Å². The lowest BCUT2D eigenvalue weighted by atomic mass is 10.1. The number of ether oxygens (including phenoxy) is 2. The Kier molecular flexibility index (Phi) is 7.48. The van der Waals surface area contributed by atoms with Gasteiger partial charge < -0.3 is 14.8 Å². The highest BCUT2D eigenvalue weighted by Crippen LogP contribution is 2.22. The molecule has 3 aromatic rings. The van der Waals surface area contributed by atoms with Gasteiger partial charge in [0, 0.05) is 50.7 Å². The van der Waals surface area contributed by atoms with E-state index in [-0.39, 0.29) is 12.3 Å². The first-order chi connectivity index (χ1) is 15.7. The van der Waals surface area contributed by atoms with Crippen LogP contribution < -0.4 is 10.1 Å². The fourth-order valence-corrected chi connectivity index (χ4v) is 3.61. The largest absolute Gasteiger partial charge is 0.492 e. The standard InChI is InChI=1S/C26H29N3O3/c1-31-25-18-29(19-25)13-14-32-24-11-8-21(9-12-24)22-7-10-23(27-17-22)15-26(30)28-16-20-5-3-2-4-6-20/h2-12,17,25H,13-16,18-19H2,1H3,(H,28,30). The van der Waals surface area contributed by atoms with Crippen LogP contribution in [0.2, 0.25) is 0 Å². The number of rotatable bonds is 10. The average Bonchev–Trinajstić information content (AvgIpc) is 2.81. The monoisotopic (exact) mass is 431 g/mol. The van der Waals surface area contributed by atoms with Gasteiger partial charge in [-0.3, -0.25) is 14.7 Å². The minimum absolute atomic E-state index is 0.0356. The molecular formula is C26H29N3O3. The summed E-state index contributed by atoms with van der Waals surface area (Å²) in [6.45, 7) is 4.06. The molecule has 2 aromatic carbocycles. The maximum atomic E-state index is 12.2. The molecule has 1 aliphatic rings. The van der Waals surface area contributed by atoms with E-state index >= 15 is 0 Å². The van der Waals surface area contributed by atoms with E-state index in [0.29, 0.717) is 19.3 Å². The van der Waals surface area contributed by atoms with E-state index in [1.807, 2.05) is 72.9 Å². The van der Waals surface area contributed by atoms with E-state index < -0.39 is 0 Å². The molecule has 0 unspecified atom stereocenters. The Balaban J connectivity index is 1.22. The normalized spacial score (nSPS) is 14.0. The molecule has 0 radical (unpaired) electrons. The quantitative estimate of drug-likeness (QED) is 0.534. The highest BCUT2D eigenvalue weighted by molar-refractivity contribution is 5.78. The van der Waals surface area contributed by atoms with Gasteiger partial charge >= 0.3 is 0 Å². The van der Waals surface area contributed by atoms with E-state index in [2.05, 4.69) is 15.2 Å². The molecule has 6 nitrogen and oxygen atoms in total. The van der Waals surface area contributed by atoms with Crippen molar-refractivity contribution < 1.29 is 14.3 Å². The molecule has 0 bridgehead atoms. The van der Waals surface area contributed by atoms with Gasteiger partial charge in [-0.25, -0.2) is 0 Å². The van der Waals surface area contributed by atoms with Gasteiger partial charge in [0.15, 0.2) is 0 Å². The third kappa shape index (κ3) is 6.15. The summed E-state index contributed by atoms with van der Waals surface area (Å²) in [5.74, 6) is 0.823. The van der Waals surface area contributed by atoms with Crippen molar-refractivity contribution in [2.75, 3.05) is 33.4 Å². The van der Waals surface area contributed by atoms with Gasteiger partial charge in [-0.1, -0.05) is 48.5 Å². The first-order valence-electron chi connectivity index (χ1n) is 10.9. The Morgan fingerprint density at radius 1 is 1.03 bits per heavy atom. The number of amides is 1. The number of nitrogens with zero attached hydrogens (tertiary/aromatic N) is 2. The molecule has 32 heavy (non-hydrogen) atoms. The zero-order valence-corrected chi connectivity index (χ0v) is 18.4. The molecule has 6 heteroatoms. The van der Waals surface area contributed by atoms with Crippen molar-refractivity contribution in [2.45, 2.75) is 19.1 Å². The van der Waals surface area contributed by atoms with Gasteiger partial charge in [0.25, 0.3) is 0 Å². The lowest BCUT2D eigenvalue weighted by Crippen LogP contribution is -2.52. The molecule has 0 spiro atoms. The average molecular weight is 432 g/mol. The van der Waals surface area contributed by atoms with Crippen LogP contribution in [-0.2, 0) is 22.5 Å². The van der Waals surface area contributed by atoms with Gasteiger partial charge in [-0.2, -0.15) is 0 Å². The van der Waals surface area contributed by atoms with Crippen LogP contribution in [0, 0.1) is 0 Å². The molecular weight excluding hydrogens is 402 g/mol. The van der Waals surface area contributed by atoms with Crippen LogP contribution in [0.1, 0.15) is 11.3 Å². The molecule has 1 aromatic heterocycles. The van der Waals surface area contributed by atoms with Crippen LogP contribution in [0.5, 0.6) is 5.75 Å². The van der Waals surface area contributed by atoms with Gasteiger partial charge in [-0.15, -0.1) is 0 Å². The highest BCUT2D eigenvalue weighted by Gasteiger charge is 2.25. The lowest BCUT2D eigenvalue weighted by Gasteiger charge is -2.37. The van der Waals surface area contributed by atoms with Crippen molar-refractivity contribution in [3.05, 3.63) is 84.2 Å². The first-order valence-corrected chi connectivity index (χ1v) is 10.9. The summed E-state index contributed by atoms with van der Waals surface area (Å²) in [4.78, 5) is 19.0. The van der Waals surface area contributed by atoms with Gasteiger partial charge in [-0.05, 0) is 29.3 Å². The Bertz CT molecular complexity index is 985. The maximum absolute atomic E-state index is 12.2. The molecule has 0 aliphatic carbocycles. The van der Waals surface area contributed by atoms with Crippen LogP contribution in [0.3, 0.4) is 0 Å². The molecule has 1 fully saturated rings. The molecule has 1 N–H and O–H groups in total. The lowest BCUT2D eigenvalue weighted by molar-refractivity contribution is -0.120. The van der Waals surface area contributed by atoms with E-state index in [4.69, 9.17) is 9.47 Å². The van der Waals surface area contributed by atoms with Crippen molar-refractivity contribution in [1.82, 2.24) is 15.2 Å². The van der Waals surface area contributed by atoms with Crippen molar-refractivity contribution in [1.29, 1.82) is 0 Å². The Morgan fingerprint density at radius 2 is 1.78 bits per heavy atom. The summed E-state index contributed by atoms with van der Waals surface area (Å²) in [7, 11) is 1.76. The molecule has 166 valence electrons. The third-order valence-electron chi connectivity index (χ3n) is 5.62. The maximum Gasteiger partial charge on any atom is 0.226 e. The number of likely N-dealkylation sites (tertiary alicyclic amines) is 1. The van der Waals surface area contributed by atoms with E-state index in [0.717, 1.165) is 47.8 Å². The van der Waals surface area contributed by atoms with E-state index in [1.165, 1.54) is 0 Å². The fraction of sp³-hybridized carbons (Fsp3) is 0.308. The van der Waals surface area contributed by atoms with Gasteiger partial charge in [0.1, 0.15) is 12.4 Å². The molecule has 1 saturated heterocycles. The summed E-state index contributed by atoms with van der Waals surface area (Å²) in [6, 6.07) is 21.8. The molecule has 4 rings (SSSR count). The number of pyridine rings is 1. The number of carbonyl (C=O) groups excluding carboxylic acids is 1. The molecule has 2 heterocycles. The highest BCUT2D eigenvalue weighted by atomic mass is 16.5. The molecule has 1 aliphatic heterocycles. The summed E-state index contributed by atoms with van der Waals surface area (Å²) >= 11 is 0. The predicted octanol–water partition coefficient (Wildman–Crippen LogP) is 3.32. The van der Waals surface area contributed by atoms with Crippen LogP contribution in [0.4, 0.5) is 0 Å². The van der Waals surface area contributed by atoms with Crippen molar-refractivity contribution in [2.24, 2.45) is 0 Å². The zero-order valence-electron chi connectivity index (χ0n) is 18.4. The van der Waals surface area contributed by atoms with Crippen LogP contribution in [-0.4, -0.2) is 55.2 Å². The number of benzene rings is 2. The summed E-state index contributed by atoms with van der Waals surface area (Å²) < 4.78 is 11.1. The minimum Gasteiger partial charge on any atom is -0.492 e. The zero-order chi connectivity index (χ0) is 22.2. The van der Waals surface area contributed by atoms with Crippen molar-refractivity contribution in [3.8, 4) is 16.9 Å².